The van der Waals surface area contributed by atoms with Gasteiger partial charge >= 0.3 is 0 Å². The quantitative estimate of drug-likeness (QED) is 0.518. The molecule has 0 aliphatic carbocycles. The lowest BCUT2D eigenvalue weighted by molar-refractivity contribution is -0.127. The zero-order valence-corrected chi connectivity index (χ0v) is 18.1. The molecule has 1 aromatic heterocycles. The number of halogens is 2. The monoisotopic (exact) mass is 519 g/mol. The van der Waals surface area contributed by atoms with E-state index in [0.29, 0.717) is 22.8 Å². The van der Waals surface area contributed by atoms with E-state index in [0.717, 1.165) is 8.95 Å². The Labute approximate surface area is 183 Å². The summed E-state index contributed by atoms with van der Waals surface area (Å²) in [6, 6.07) is 15.9. The molecule has 0 bridgehead atoms. The first-order chi connectivity index (χ1) is 14.0. The number of ether oxygens (including phenoxy) is 1. The van der Waals surface area contributed by atoms with Gasteiger partial charge in [0.1, 0.15) is 11.5 Å². The molecule has 2 amide bonds. The average Bonchev–Trinajstić information content (AvgIpc) is 3.24. The first-order valence-electron chi connectivity index (χ1n) is 8.62. The van der Waals surface area contributed by atoms with Gasteiger partial charge in [0.25, 0.3) is 11.8 Å². The minimum atomic E-state index is -0.692. The molecule has 4 rings (SSSR count). The van der Waals surface area contributed by atoms with Crippen LogP contribution in [0.15, 0.2) is 74.2 Å². The zero-order valence-electron chi connectivity index (χ0n) is 14.9. The molecule has 7 nitrogen and oxygen atoms in total. The summed E-state index contributed by atoms with van der Waals surface area (Å²) in [7, 11) is 0. The maximum Gasteiger partial charge on any atom is 0.276 e. The summed E-state index contributed by atoms with van der Waals surface area (Å²) in [5.41, 5.74) is 3.70. The summed E-state index contributed by atoms with van der Waals surface area (Å²) in [5.74, 6) is 0.195. The first kappa shape index (κ1) is 19.5. The van der Waals surface area contributed by atoms with Crippen molar-refractivity contribution < 1.29 is 18.7 Å². The first-order valence-corrected chi connectivity index (χ1v) is 10.2. The van der Waals surface area contributed by atoms with Crippen molar-refractivity contribution in [1.82, 2.24) is 10.4 Å². The Morgan fingerprint density at radius 1 is 1.14 bits per heavy atom. The van der Waals surface area contributed by atoms with E-state index in [4.69, 9.17) is 9.15 Å². The van der Waals surface area contributed by atoms with Crippen LogP contribution in [0, 0.1) is 0 Å². The zero-order chi connectivity index (χ0) is 20.4. The molecule has 0 fully saturated rings. The molecule has 2 aromatic carbocycles. The number of hydrogen-bond acceptors (Lipinski definition) is 5. The minimum Gasteiger partial charge on any atom is -0.484 e. The SMILES string of the molecule is O=C(COc1ccc(Br)cc1)NN1C(=O)c2cc(Br)ccc2NC1c1ccco1. The van der Waals surface area contributed by atoms with E-state index in [2.05, 4.69) is 42.6 Å². The van der Waals surface area contributed by atoms with Crippen LogP contribution in [0.4, 0.5) is 5.69 Å². The Morgan fingerprint density at radius 2 is 1.90 bits per heavy atom. The van der Waals surface area contributed by atoms with Gasteiger partial charge in [-0.25, -0.2) is 5.01 Å². The third-order valence-electron chi connectivity index (χ3n) is 4.22. The third kappa shape index (κ3) is 4.30. The Kier molecular flexibility index (Phi) is 5.59. The Morgan fingerprint density at radius 3 is 2.62 bits per heavy atom. The lowest BCUT2D eigenvalue weighted by atomic mass is 10.1. The van der Waals surface area contributed by atoms with Crippen molar-refractivity contribution in [2.24, 2.45) is 0 Å². The van der Waals surface area contributed by atoms with Crippen LogP contribution < -0.4 is 15.5 Å². The fraction of sp³-hybridized carbons (Fsp3) is 0.100. The highest BCUT2D eigenvalue weighted by Crippen LogP contribution is 2.33. The van der Waals surface area contributed by atoms with Crippen LogP contribution >= 0.6 is 31.9 Å². The molecule has 0 spiro atoms. The molecule has 9 heteroatoms. The maximum atomic E-state index is 13.1. The number of carbonyl (C=O) groups excluding carboxylic acids is 2. The van der Waals surface area contributed by atoms with Crippen LogP contribution in [0.2, 0.25) is 0 Å². The second-order valence-electron chi connectivity index (χ2n) is 6.20. The van der Waals surface area contributed by atoms with Gasteiger partial charge < -0.3 is 14.5 Å². The van der Waals surface area contributed by atoms with E-state index < -0.39 is 12.1 Å². The molecule has 1 aliphatic rings. The normalized spacial score (nSPS) is 15.4. The minimum absolute atomic E-state index is 0.248. The topological polar surface area (TPSA) is 83.8 Å². The smallest absolute Gasteiger partial charge is 0.276 e. The van der Waals surface area contributed by atoms with Crippen LogP contribution in [0.25, 0.3) is 0 Å². The van der Waals surface area contributed by atoms with Crippen LogP contribution in [-0.4, -0.2) is 23.4 Å². The van der Waals surface area contributed by atoms with E-state index in [-0.39, 0.29) is 12.5 Å². The van der Waals surface area contributed by atoms with Gasteiger partial charge in [-0.3, -0.25) is 15.0 Å². The molecule has 1 unspecified atom stereocenters. The number of fused-ring (bicyclic) bond motifs is 1. The number of carbonyl (C=O) groups is 2. The number of benzene rings is 2. The molecule has 1 aliphatic heterocycles. The lowest BCUT2D eigenvalue weighted by Crippen LogP contribution is -2.53. The summed E-state index contributed by atoms with van der Waals surface area (Å²) < 4.78 is 12.6. The fourth-order valence-electron chi connectivity index (χ4n) is 2.89. The van der Waals surface area contributed by atoms with Crippen LogP contribution in [0.5, 0.6) is 5.75 Å². The Balaban J connectivity index is 1.53. The summed E-state index contributed by atoms with van der Waals surface area (Å²) in [5, 5.41) is 4.43. The number of nitrogens with zero attached hydrogens (tertiary/aromatic N) is 1. The van der Waals surface area contributed by atoms with Crippen molar-refractivity contribution in [3.05, 3.63) is 81.1 Å². The van der Waals surface area contributed by atoms with Gasteiger partial charge in [-0.15, -0.1) is 0 Å². The van der Waals surface area contributed by atoms with Crippen LogP contribution in [0.1, 0.15) is 22.3 Å². The van der Waals surface area contributed by atoms with Crippen molar-refractivity contribution in [3.8, 4) is 5.75 Å². The van der Waals surface area contributed by atoms with Gasteiger partial charge in [0.2, 0.25) is 0 Å². The highest BCUT2D eigenvalue weighted by atomic mass is 79.9. The van der Waals surface area contributed by atoms with Crippen molar-refractivity contribution in [2.45, 2.75) is 6.17 Å². The van der Waals surface area contributed by atoms with Crippen molar-refractivity contribution >= 4 is 49.4 Å². The van der Waals surface area contributed by atoms with Gasteiger partial charge in [0.15, 0.2) is 12.8 Å². The van der Waals surface area contributed by atoms with Gasteiger partial charge in [-0.2, -0.15) is 0 Å². The molecule has 0 radical (unpaired) electrons. The molecule has 2 heterocycles. The van der Waals surface area contributed by atoms with Gasteiger partial charge in [0.05, 0.1) is 11.8 Å². The molecule has 1 atom stereocenters. The molecule has 2 N–H and O–H groups in total. The molecule has 148 valence electrons. The second kappa shape index (κ2) is 8.30. The maximum absolute atomic E-state index is 13.1. The molecule has 0 saturated carbocycles. The Bertz CT molecular complexity index is 1040. The number of rotatable bonds is 5. The van der Waals surface area contributed by atoms with E-state index in [1.165, 1.54) is 11.3 Å². The third-order valence-corrected chi connectivity index (χ3v) is 5.24. The summed E-state index contributed by atoms with van der Waals surface area (Å²) in [6.45, 7) is -0.248. The predicted octanol–water partition coefficient (Wildman–Crippen LogP) is 4.48. The van der Waals surface area contributed by atoms with E-state index >= 15 is 0 Å². The number of furan rings is 1. The number of amides is 2. The highest BCUT2D eigenvalue weighted by molar-refractivity contribution is 9.10. The van der Waals surface area contributed by atoms with Crippen molar-refractivity contribution in [2.75, 3.05) is 11.9 Å². The second-order valence-corrected chi connectivity index (χ2v) is 8.04. The molecular weight excluding hydrogens is 506 g/mol. The lowest BCUT2D eigenvalue weighted by Gasteiger charge is -2.36. The number of anilines is 1. The molecular formula is C20H15Br2N3O4. The van der Waals surface area contributed by atoms with Crippen molar-refractivity contribution in [3.63, 3.8) is 0 Å². The molecule has 29 heavy (non-hydrogen) atoms. The van der Waals surface area contributed by atoms with E-state index in [1.807, 2.05) is 18.2 Å². The van der Waals surface area contributed by atoms with Gasteiger partial charge in [-0.1, -0.05) is 31.9 Å². The number of hydrazine groups is 1. The van der Waals surface area contributed by atoms with Gasteiger partial charge in [-0.05, 0) is 54.6 Å². The number of nitrogens with one attached hydrogen (secondary N) is 2. The summed E-state index contributed by atoms with van der Waals surface area (Å²) in [4.78, 5) is 25.6. The van der Waals surface area contributed by atoms with Crippen LogP contribution in [0.3, 0.4) is 0 Å². The highest BCUT2D eigenvalue weighted by Gasteiger charge is 2.36. The molecule has 0 saturated heterocycles. The largest absolute Gasteiger partial charge is 0.484 e. The van der Waals surface area contributed by atoms with Crippen LogP contribution in [-0.2, 0) is 4.79 Å². The summed E-state index contributed by atoms with van der Waals surface area (Å²) >= 11 is 6.71. The van der Waals surface area contributed by atoms with Crippen molar-refractivity contribution in [1.29, 1.82) is 0 Å². The Hall–Kier alpha value is -2.78. The van der Waals surface area contributed by atoms with E-state index in [1.54, 1.807) is 36.4 Å². The predicted molar refractivity (Wildman–Crippen MR) is 113 cm³/mol. The number of hydrogen-bond donors (Lipinski definition) is 2. The standard InChI is InChI=1S/C20H15Br2N3O4/c21-12-3-6-14(7-4-12)29-11-18(26)24-25-19(17-2-1-9-28-17)23-16-8-5-13(22)10-15(16)20(25)27/h1-10,19,23H,11H2,(H,24,26). The van der Waals surface area contributed by atoms with E-state index in [9.17, 15) is 9.59 Å². The van der Waals surface area contributed by atoms with Gasteiger partial charge in [0, 0.05) is 14.6 Å². The molecule has 3 aromatic rings. The fourth-order valence-corrected chi connectivity index (χ4v) is 3.51. The summed E-state index contributed by atoms with van der Waals surface area (Å²) in [6.07, 6.45) is 0.817. The average molecular weight is 521 g/mol.